The summed E-state index contributed by atoms with van der Waals surface area (Å²) in [5.74, 6) is -1.30. The second kappa shape index (κ2) is 5.57. The lowest BCUT2D eigenvalue weighted by Crippen LogP contribution is -2.12. The topological polar surface area (TPSA) is 63.6 Å². The molecular weight excluding hydrogens is 160 g/mol. The molecule has 0 heterocycles. The molecule has 0 saturated carbocycles. The molecule has 0 saturated heterocycles. The molecular formula is C8H14O4. The molecule has 0 aromatic heterocycles. The highest BCUT2D eigenvalue weighted by Gasteiger charge is 2.12. The highest BCUT2D eigenvalue weighted by Crippen LogP contribution is 2.08. The van der Waals surface area contributed by atoms with Gasteiger partial charge in [-0.25, -0.2) is 0 Å². The third-order valence-corrected chi connectivity index (χ3v) is 1.63. The monoisotopic (exact) mass is 174 g/mol. The van der Waals surface area contributed by atoms with Crippen LogP contribution in [0.4, 0.5) is 0 Å². The molecule has 0 aliphatic heterocycles. The third-order valence-electron chi connectivity index (χ3n) is 1.63. The minimum absolute atomic E-state index is 0.112. The summed E-state index contributed by atoms with van der Waals surface area (Å²) in [4.78, 5) is 20.9. The number of ether oxygens (including phenoxy) is 1. The van der Waals surface area contributed by atoms with Gasteiger partial charge in [-0.2, -0.15) is 0 Å². The summed E-state index contributed by atoms with van der Waals surface area (Å²) < 4.78 is 4.48. The van der Waals surface area contributed by atoms with Crippen LogP contribution in [-0.4, -0.2) is 24.2 Å². The molecule has 0 fully saturated rings. The average Bonchev–Trinajstić information content (AvgIpc) is 2.02. The van der Waals surface area contributed by atoms with E-state index in [2.05, 4.69) is 4.74 Å². The minimum atomic E-state index is -0.827. The molecule has 0 bridgehead atoms. The molecule has 0 aliphatic carbocycles. The number of esters is 1. The number of hydrogen-bond acceptors (Lipinski definition) is 3. The Morgan fingerprint density at radius 1 is 1.50 bits per heavy atom. The zero-order chi connectivity index (χ0) is 9.56. The number of carboxylic acid groups (broad SMARTS) is 1. The van der Waals surface area contributed by atoms with Crippen LogP contribution in [0.1, 0.15) is 26.2 Å². The molecule has 0 rings (SSSR count). The quantitative estimate of drug-likeness (QED) is 0.633. The van der Waals surface area contributed by atoms with Crippen LogP contribution in [0.2, 0.25) is 0 Å². The number of rotatable bonds is 5. The van der Waals surface area contributed by atoms with Gasteiger partial charge < -0.3 is 9.84 Å². The van der Waals surface area contributed by atoms with Crippen LogP contribution in [0.15, 0.2) is 0 Å². The van der Waals surface area contributed by atoms with Crippen LogP contribution in [0.5, 0.6) is 0 Å². The van der Waals surface area contributed by atoms with E-state index >= 15 is 0 Å². The van der Waals surface area contributed by atoms with E-state index in [-0.39, 0.29) is 18.3 Å². The summed E-state index contributed by atoms with van der Waals surface area (Å²) in [5.41, 5.74) is 0. The van der Waals surface area contributed by atoms with E-state index in [1.807, 2.05) is 0 Å². The SMILES string of the molecule is COC(=O)C(C)CCCC(=O)O. The molecule has 0 amide bonds. The lowest BCUT2D eigenvalue weighted by Gasteiger charge is -2.06. The number of methoxy groups -OCH3 is 1. The van der Waals surface area contributed by atoms with Crippen LogP contribution in [0.25, 0.3) is 0 Å². The normalized spacial score (nSPS) is 12.2. The smallest absolute Gasteiger partial charge is 0.308 e. The number of carbonyl (C=O) groups is 2. The Labute approximate surface area is 71.5 Å². The van der Waals surface area contributed by atoms with E-state index in [1.165, 1.54) is 7.11 Å². The molecule has 4 heteroatoms. The van der Waals surface area contributed by atoms with Crippen LogP contribution < -0.4 is 0 Å². The summed E-state index contributed by atoms with van der Waals surface area (Å²) in [6.45, 7) is 1.73. The average molecular weight is 174 g/mol. The van der Waals surface area contributed by atoms with Crippen molar-refractivity contribution >= 4 is 11.9 Å². The molecule has 0 aromatic rings. The first-order valence-electron chi connectivity index (χ1n) is 3.87. The second-order valence-electron chi connectivity index (χ2n) is 2.71. The fraction of sp³-hybridized carbons (Fsp3) is 0.750. The third kappa shape index (κ3) is 4.71. The van der Waals surface area contributed by atoms with Crippen LogP contribution in [0, 0.1) is 5.92 Å². The maximum absolute atomic E-state index is 10.8. The lowest BCUT2D eigenvalue weighted by atomic mass is 10.0. The Morgan fingerprint density at radius 2 is 2.08 bits per heavy atom. The van der Waals surface area contributed by atoms with E-state index in [1.54, 1.807) is 6.92 Å². The molecule has 0 aliphatic rings. The van der Waals surface area contributed by atoms with E-state index in [0.717, 1.165) is 0 Å². The Morgan fingerprint density at radius 3 is 2.50 bits per heavy atom. The van der Waals surface area contributed by atoms with Gasteiger partial charge in [0.2, 0.25) is 0 Å². The molecule has 0 aromatic carbocycles. The first-order chi connectivity index (χ1) is 5.57. The van der Waals surface area contributed by atoms with Crippen molar-refractivity contribution in [1.82, 2.24) is 0 Å². The zero-order valence-corrected chi connectivity index (χ0v) is 7.37. The van der Waals surface area contributed by atoms with Crippen molar-refractivity contribution in [3.8, 4) is 0 Å². The molecule has 1 atom stereocenters. The van der Waals surface area contributed by atoms with Gasteiger partial charge in [-0.05, 0) is 12.8 Å². The Hall–Kier alpha value is -1.06. The van der Waals surface area contributed by atoms with E-state index in [0.29, 0.717) is 12.8 Å². The number of aliphatic carboxylic acids is 1. The van der Waals surface area contributed by atoms with Gasteiger partial charge >= 0.3 is 11.9 Å². The predicted molar refractivity (Wildman–Crippen MR) is 42.7 cm³/mol. The minimum Gasteiger partial charge on any atom is -0.481 e. The molecule has 1 N–H and O–H groups in total. The van der Waals surface area contributed by atoms with E-state index in [9.17, 15) is 9.59 Å². The molecule has 0 spiro atoms. The first-order valence-corrected chi connectivity index (χ1v) is 3.87. The van der Waals surface area contributed by atoms with Gasteiger partial charge in [0, 0.05) is 6.42 Å². The number of carboxylic acids is 1. The predicted octanol–water partition coefficient (Wildman–Crippen LogP) is 1.05. The van der Waals surface area contributed by atoms with Crippen LogP contribution >= 0.6 is 0 Å². The lowest BCUT2D eigenvalue weighted by molar-refractivity contribution is -0.145. The van der Waals surface area contributed by atoms with Gasteiger partial charge in [0.25, 0.3) is 0 Å². The highest BCUT2D eigenvalue weighted by atomic mass is 16.5. The molecule has 4 nitrogen and oxygen atoms in total. The van der Waals surface area contributed by atoms with Gasteiger partial charge in [-0.1, -0.05) is 6.92 Å². The van der Waals surface area contributed by atoms with Crippen molar-refractivity contribution in [3.05, 3.63) is 0 Å². The van der Waals surface area contributed by atoms with Crippen LogP contribution in [-0.2, 0) is 14.3 Å². The standard InChI is InChI=1S/C8H14O4/c1-6(8(11)12-2)4-3-5-7(9)10/h6H,3-5H2,1-2H3,(H,9,10). The molecule has 12 heavy (non-hydrogen) atoms. The Kier molecular flexibility index (Phi) is 5.08. The maximum Gasteiger partial charge on any atom is 0.308 e. The van der Waals surface area contributed by atoms with Crippen molar-refractivity contribution in [2.45, 2.75) is 26.2 Å². The van der Waals surface area contributed by atoms with Crippen molar-refractivity contribution in [1.29, 1.82) is 0 Å². The zero-order valence-electron chi connectivity index (χ0n) is 7.37. The van der Waals surface area contributed by atoms with Gasteiger partial charge in [0.05, 0.1) is 13.0 Å². The summed E-state index contributed by atoms with van der Waals surface area (Å²) in [7, 11) is 1.33. The van der Waals surface area contributed by atoms with Crippen molar-refractivity contribution in [3.63, 3.8) is 0 Å². The van der Waals surface area contributed by atoms with Crippen LogP contribution in [0.3, 0.4) is 0 Å². The summed E-state index contributed by atoms with van der Waals surface area (Å²) in [6, 6.07) is 0. The first kappa shape index (κ1) is 10.9. The highest BCUT2D eigenvalue weighted by molar-refractivity contribution is 5.72. The Bertz CT molecular complexity index is 164. The maximum atomic E-state index is 10.8. The van der Waals surface area contributed by atoms with E-state index < -0.39 is 5.97 Å². The van der Waals surface area contributed by atoms with Crippen molar-refractivity contribution in [2.24, 2.45) is 5.92 Å². The van der Waals surface area contributed by atoms with Crippen molar-refractivity contribution in [2.75, 3.05) is 7.11 Å². The summed E-state index contributed by atoms with van der Waals surface area (Å²) in [6.07, 6.45) is 1.20. The molecule has 70 valence electrons. The molecule has 0 radical (unpaired) electrons. The van der Waals surface area contributed by atoms with Gasteiger partial charge in [0.1, 0.15) is 0 Å². The summed E-state index contributed by atoms with van der Waals surface area (Å²) >= 11 is 0. The summed E-state index contributed by atoms with van der Waals surface area (Å²) in [5, 5.41) is 8.31. The van der Waals surface area contributed by atoms with Gasteiger partial charge in [0.15, 0.2) is 0 Å². The van der Waals surface area contributed by atoms with Gasteiger partial charge in [-0.15, -0.1) is 0 Å². The largest absolute Gasteiger partial charge is 0.481 e. The second-order valence-corrected chi connectivity index (χ2v) is 2.71. The molecule has 1 unspecified atom stereocenters. The fourth-order valence-corrected chi connectivity index (χ4v) is 0.879. The number of carbonyl (C=O) groups excluding carboxylic acids is 1. The number of hydrogen-bond donors (Lipinski definition) is 1. The fourth-order valence-electron chi connectivity index (χ4n) is 0.879. The van der Waals surface area contributed by atoms with E-state index in [4.69, 9.17) is 5.11 Å². The van der Waals surface area contributed by atoms with Crippen molar-refractivity contribution < 1.29 is 19.4 Å². The van der Waals surface area contributed by atoms with Gasteiger partial charge in [-0.3, -0.25) is 9.59 Å². The Balaban J connectivity index is 3.50.